The standard InChI is InChI=1S/C21H17ClNO2P/c22-16-20(23-21(24)17-10-4-1-5-11-17)26(25,18-12-6-2-7-13-18)19-14-8-3-9-15-19/h1-16H,(H,23,24)/b20-16-. The molecule has 26 heavy (non-hydrogen) atoms. The highest BCUT2D eigenvalue weighted by molar-refractivity contribution is 7.82. The average molecular weight is 382 g/mol. The molecule has 5 heteroatoms. The molecule has 3 nitrogen and oxygen atoms in total. The molecule has 3 aromatic carbocycles. The molecule has 0 unspecified atom stereocenters. The largest absolute Gasteiger partial charge is 0.318 e. The van der Waals surface area contributed by atoms with E-state index in [1.54, 1.807) is 48.5 Å². The van der Waals surface area contributed by atoms with Crippen LogP contribution in [0.1, 0.15) is 10.4 Å². The predicted molar refractivity (Wildman–Crippen MR) is 108 cm³/mol. The molecule has 0 bridgehead atoms. The Kier molecular flexibility index (Phi) is 5.72. The van der Waals surface area contributed by atoms with Gasteiger partial charge in [-0.2, -0.15) is 0 Å². The van der Waals surface area contributed by atoms with Crippen molar-refractivity contribution < 1.29 is 9.36 Å². The highest BCUT2D eigenvalue weighted by atomic mass is 35.5. The van der Waals surface area contributed by atoms with Crippen LogP contribution in [0.3, 0.4) is 0 Å². The predicted octanol–water partition coefficient (Wildman–Crippen LogP) is 4.47. The first kappa shape index (κ1) is 18.2. The Morgan fingerprint density at radius 1 is 0.769 bits per heavy atom. The van der Waals surface area contributed by atoms with Gasteiger partial charge in [0.25, 0.3) is 5.91 Å². The number of halogens is 1. The second-order valence-electron chi connectivity index (χ2n) is 5.59. The number of carbonyl (C=O) groups excluding carboxylic acids is 1. The van der Waals surface area contributed by atoms with Crippen LogP contribution in [0.4, 0.5) is 0 Å². The molecule has 0 spiro atoms. The van der Waals surface area contributed by atoms with Crippen molar-refractivity contribution in [3.63, 3.8) is 0 Å². The molecule has 3 aromatic rings. The first-order valence-electron chi connectivity index (χ1n) is 8.05. The van der Waals surface area contributed by atoms with Gasteiger partial charge in [-0.1, -0.05) is 90.5 Å². The summed E-state index contributed by atoms with van der Waals surface area (Å²) in [7, 11) is -3.31. The van der Waals surface area contributed by atoms with Crippen LogP contribution in [0.2, 0.25) is 0 Å². The summed E-state index contributed by atoms with van der Waals surface area (Å²) in [4.78, 5) is 12.6. The summed E-state index contributed by atoms with van der Waals surface area (Å²) in [5.41, 5.74) is 1.85. The number of rotatable bonds is 5. The quantitative estimate of drug-likeness (QED) is 0.663. The molecule has 0 atom stereocenters. The van der Waals surface area contributed by atoms with E-state index in [4.69, 9.17) is 11.6 Å². The van der Waals surface area contributed by atoms with Crippen LogP contribution in [0.25, 0.3) is 0 Å². The minimum Gasteiger partial charge on any atom is -0.318 e. The van der Waals surface area contributed by atoms with Gasteiger partial charge in [0.1, 0.15) is 0 Å². The molecule has 0 aromatic heterocycles. The Hall–Kier alpha value is -2.61. The summed E-state index contributed by atoms with van der Waals surface area (Å²) in [6, 6.07) is 26.8. The first-order valence-corrected chi connectivity index (χ1v) is 10.2. The number of nitrogens with one attached hydrogen (secondary N) is 1. The SMILES string of the molecule is O=C(N/C(=C/Cl)P(=O)(c1ccccc1)c1ccccc1)c1ccccc1. The third-order valence-corrected chi connectivity index (χ3v) is 7.30. The van der Waals surface area contributed by atoms with Crippen molar-refractivity contribution in [1.29, 1.82) is 0 Å². The second kappa shape index (κ2) is 8.18. The lowest BCUT2D eigenvalue weighted by Crippen LogP contribution is -2.28. The number of hydrogen-bond acceptors (Lipinski definition) is 2. The Labute approximate surface area is 157 Å². The van der Waals surface area contributed by atoms with Crippen LogP contribution in [-0.4, -0.2) is 5.91 Å². The lowest BCUT2D eigenvalue weighted by Gasteiger charge is -2.22. The van der Waals surface area contributed by atoms with Crippen molar-refractivity contribution in [3.8, 4) is 0 Å². The molecule has 0 saturated carbocycles. The third-order valence-electron chi connectivity index (χ3n) is 3.96. The van der Waals surface area contributed by atoms with E-state index < -0.39 is 7.14 Å². The second-order valence-corrected chi connectivity index (χ2v) is 8.55. The van der Waals surface area contributed by atoms with Crippen molar-refractivity contribution in [2.24, 2.45) is 0 Å². The minimum atomic E-state index is -3.31. The Morgan fingerprint density at radius 2 is 1.19 bits per heavy atom. The minimum absolute atomic E-state index is 0.186. The number of amides is 1. The Morgan fingerprint density at radius 3 is 1.62 bits per heavy atom. The van der Waals surface area contributed by atoms with E-state index >= 15 is 0 Å². The van der Waals surface area contributed by atoms with Crippen LogP contribution >= 0.6 is 18.7 Å². The maximum Gasteiger partial charge on any atom is 0.255 e. The maximum atomic E-state index is 14.1. The fourth-order valence-electron chi connectivity index (χ4n) is 2.66. The third kappa shape index (κ3) is 3.65. The number of carbonyl (C=O) groups is 1. The van der Waals surface area contributed by atoms with Gasteiger partial charge in [0, 0.05) is 21.7 Å². The van der Waals surface area contributed by atoms with Gasteiger partial charge in [-0.3, -0.25) is 4.79 Å². The van der Waals surface area contributed by atoms with Gasteiger partial charge in [0.2, 0.25) is 0 Å². The molecule has 0 aliphatic heterocycles. The maximum absolute atomic E-state index is 14.1. The van der Waals surface area contributed by atoms with Gasteiger partial charge in [-0.05, 0) is 12.1 Å². The van der Waals surface area contributed by atoms with Crippen LogP contribution in [0, 0.1) is 0 Å². The summed E-state index contributed by atoms with van der Waals surface area (Å²) in [6.45, 7) is 0. The van der Waals surface area contributed by atoms with Crippen LogP contribution in [-0.2, 0) is 4.57 Å². The highest BCUT2D eigenvalue weighted by Gasteiger charge is 2.33. The average Bonchev–Trinajstić information content (AvgIpc) is 2.73. The van der Waals surface area contributed by atoms with Crippen molar-refractivity contribution >= 4 is 35.3 Å². The summed E-state index contributed by atoms with van der Waals surface area (Å²) >= 11 is 6.03. The summed E-state index contributed by atoms with van der Waals surface area (Å²) in [5, 5.41) is 3.95. The molecule has 0 heterocycles. The van der Waals surface area contributed by atoms with E-state index in [1.165, 1.54) is 5.54 Å². The number of benzene rings is 3. The fourth-order valence-corrected chi connectivity index (χ4v) is 5.56. The lowest BCUT2D eigenvalue weighted by atomic mass is 10.2. The molecular formula is C21H17ClNO2P. The topological polar surface area (TPSA) is 46.2 Å². The van der Waals surface area contributed by atoms with E-state index in [0.717, 1.165) is 0 Å². The normalized spacial score (nSPS) is 11.8. The molecule has 3 rings (SSSR count). The summed E-state index contributed by atoms with van der Waals surface area (Å²) in [6.07, 6.45) is 0. The zero-order chi connectivity index (χ0) is 18.4. The van der Waals surface area contributed by atoms with E-state index in [-0.39, 0.29) is 11.3 Å². The van der Waals surface area contributed by atoms with Gasteiger partial charge in [-0.25, -0.2) is 0 Å². The van der Waals surface area contributed by atoms with Crippen molar-refractivity contribution in [1.82, 2.24) is 5.32 Å². The van der Waals surface area contributed by atoms with Gasteiger partial charge >= 0.3 is 0 Å². The molecule has 1 N–H and O–H groups in total. The lowest BCUT2D eigenvalue weighted by molar-refractivity contribution is 0.0968. The van der Waals surface area contributed by atoms with Gasteiger partial charge in [0.15, 0.2) is 7.14 Å². The molecular weight excluding hydrogens is 365 g/mol. The zero-order valence-corrected chi connectivity index (χ0v) is 15.5. The van der Waals surface area contributed by atoms with Crippen molar-refractivity contribution in [2.75, 3.05) is 0 Å². The molecule has 1 amide bonds. The van der Waals surface area contributed by atoms with Crippen molar-refractivity contribution in [2.45, 2.75) is 0 Å². The summed E-state index contributed by atoms with van der Waals surface area (Å²) in [5.74, 6) is -0.357. The molecule has 0 aliphatic carbocycles. The molecule has 0 aliphatic rings. The highest BCUT2D eigenvalue weighted by Crippen LogP contribution is 2.50. The molecule has 130 valence electrons. The van der Waals surface area contributed by atoms with E-state index in [2.05, 4.69) is 5.32 Å². The Bertz CT molecular complexity index is 914. The van der Waals surface area contributed by atoms with Gasteiger partial charge in [0.05, 0.1) is 5.44 Å². The van der Waals surface area contributed by atoms with Gasteiger partial charge in [-0.15, -0.1) is 0 Å². The van der Waals surface area contributed by atoms with Crippen LogP contribution in [0.5, 0.6) is 0 Å². The molecule has 0 saturated heterocycles. The van der Waals surface area contributed by atoms with Gasteiger partial charge < -0.3 is 9.88 Å². The van der Waals surface area contributed by atoms with E-state index in [9.17, 15) is 9.36 Å². The molecule has 0 fully saturated rings. The zero-order valence-electron chi connectivity index (χ0n) is 13.9. The monoisotopic (exact) mass is 381 g/mol. The smallest absolute Gasteiger partial charge is 0.255 e. The van der Waals surface area contributed by atoms with Crippen LogP contribution in [0.15, 0.2) is 102 Å². The molecule has 0 radical (unpaired) electrons. The summed E-state index contributed by atoms with van der Waals surface area (Å²) < 4.78 is 14.1. The van der Waals surface area contributed by atoms with E-state index in [1.807, 2.05) is 42.5 Å². The van der Waals surface area contributed by atoms with Crippen LogP contribution < -0.4 is 15.9 Å². The first-order chi connectivity index (χ1) is 12.7. The Balaban J connectivity index is 2.06. The number of hydrogen-bond donors (Lipinski definition) is 1. The van der Waals surface area contributed by atoms with E-state index in [0.29, 0.717) is 16.2 Å². The van der Waals surface area contributed by atoms with Crippen molar-refractivity contribution in [3.05, 3.63) is 108 Å². The fraction of sp³-hybridized carbons (Fsp3) is 0.